The third kappa shape index (κ3) is 2.87. The molecule has 0 saturated carbocycles. The van der Waals surface area contributed by atoms with Crippen molar-refractivity contribution in [3.05, 3.63) is 18.0 Å². The first-order valence-electron chi connectivity index (χ1n) is 7.74. The molecule has 0 N–H and O–H groups in total. The minimum atomic E-state index is -4.85. The van der Waals surface area contributed by atoms with Gasteiger partial charge in [0, 0.05) is 11.7 Å². The summed E-state index contributed by atoms with van der Waals surface area (Å²) in [6.07, 6.45) is -3.91. The molecule has 1 aliphatic heterocycles. The molecule has 0 amide bonds. The summed E-state index contributed by atoms with van der Waals surface area (Å²) in [5, 5.41) is 0. The second-order valence-electron chi connectivity index (χ2n) is 5.80. The van der Waals surface area contributed by atoms with Crippen LogP contribution in [0.25, 0.3) is 0 Å². The Morgan fingerprint density at radius 1 is 1.24 bits per heavy atom. The van der Waals surface area contributed by atoms with Crippen molar-refractivity contribution in [2.75, 3.05) is 7.04 Å². The molecule has 2 rings (SSSR count). The molecule has 1 aliphatic rings. The van der Waals surface area contributed by atoms with E-state index in [0.29, 0.717) is 0 Å². The molecule has 4 nitrogen and oxygen atoms in total. The van der Waals surface area contributed by atoms with Gasteiger partial charge < -0.3 is 14.0 Å². The highest BCUT2D eigenvalue weighted by atomic mass is 19.4. The zero-order chi connectivity index (χ0) is 18.6. The van der Waals surface area contributed by atoms with Crippen LogP contribution >= 0.6 is 0 Å². The zero-order valence-electron chi connectivity index (χ0n) is 15.0. The van der Waals surface area contributed by atoms with Crippen molar-refractivity contribution in [3.63, 3.8) is 0 Å². The van der Waals surface area contributed by atoms with Crippen LogP contribution in [0, 0.1) is 0 Å². The third-order valence-corrected chi connectivity index (χ3v) is 3.78. The maximum absolute atomic E-state index is 13.0. The van der Waals surface area contributed by atoms with Gasteiger partial charge in [0.15, 0.2) is 5.69 Å². The van der Waals surface area contributed by atoms with E-state index in [1.165, 1.54) is 0 Å². The predicted octanol–water partition coefficient (Wildman–Crippen LogP) is 2.41. The Hall–Kier alpha value is -1.28. The molecular formula is C13H17BF3NO3. The number of rotatable bonds is 2. The summed E-state index contributed by atoms with van der Waals surface area (Å²) >= 11 is 0. The molecule has 1 saturated heterocycles. The van der Waals surface area contributed by atoms with Gasteiger partial charge in [0.05, 0.1) is 22.4 Å². The number of pyridine rings is 1. The fraction of sp³-hybridized carbons (Fsp3) is 0.615. The minimum absolute atomic E-state index is 0.140. The Morgan fingerprint density at radius 3 is 2.29 bits per heavy atom. The average Bonchev–Trinajstić information content (AvgIpc) is 2.54. The van der Waals surface area contributed by atoms with Crippen LogP contribution in [-0.4, -0.2) is 30.3 Å². The number of alkyl halides is 3. The fourth-order valence-corrected chi connectivity index (χ4v) is 1.86. The highest BCUT2D eigenvalue weighted by molar-refractivity contribution is 6.62. The maximum Gasteiger partial charge on any atom is 0.496 e. The second kappa shape index (κ2) is 4.88. The lowest BCUT2D eigenvalue weighted by Crippen LogP contribution is -2.41. The lowest BCUT2D eigenvalue weighted by atomic mass is 9.80. The van der Waals surface area contributed by atoms with Crippen LogP contribution in [0.1, 0.15) is 37.5 Å². The normalized spacial score (nSPS) is 23.4. The van der Waals surface area contributed by atoms with Crippen LogP contribution < -0.4 is 10.2 Å². The highest BCUT2D eigenvalue weighted by Crippen LogP contribution is 2.37. The average molecular weight is 306 g/mol. The number of aromatic nitrogens is 1. The van der Waals surface area contributed by atoms with Gasteiger partial charge in [-0.1, -0.05) is 0 Å². The molecule has 8 heteroatoms. The Kier molecular flexibility index (Phi) is 2.85. The van der Waals surface area contributed by atoms with Crippen LogP contribution in [0.4, 0.5) is 13.2 Å². The molecule has 0 unspecified atom stereocenters. The number of ether oxygens (including phenoxy) is 1. The van der Waals surface area contributed by atoms with E-state index in [0.717, 1.165) is 12.3 Å². The zero-order valence-corrected chi connectivity index (χ0v) is 12.0. The van der Waals surface area contributed by atoms with Crippen molar-refractivity contribution >= 4 is 12.6 Å². The van der Waals surface area contributed by atoms with Gasteiger partial charge in [-0.3, -0.25) is 0 Å². The summed E-state index contributed by atoms with van der Waals surface area (Å²) in [5.41, 5.74) is -2.68. The van der Waals surface area contributed by atoms with Gasteiger partial charge in [-0.25, -0.2) is 4.98 Å². The molecule has 0 radical (unpaired) electrons. The standard InChI is InChI=1S/C13H17BF3NO3/c1-11(2)12(3,4)21-14(20-11)8-6-9(19-5)10(18-7-8)13(15,16)17/h6-7H,1-5H3/i5D3. The fourth-order valence-electron chi connectivity index (χ4n) is 1.86. The molecule has 1 aromatic heterocycles. The molecule has 116 valence electrons. The maximum atomic E-state index is 13.0. The quantitative estimate of drug-likeness (QED) is 0.787. The lowest BCUT2D eigenvalue weighted by molar-refractivity contribution is -0.142. The van der Waals surface area contributed by atoms with Crippen molar-refractivity contribution in [2.24, 2.45) is 0 Å². The van der Waals surface area contributed by atoms with Crippen molar-refractivity contribution in [3.8, 4) is 5.75 Å². The Bertz CT molecular complexity index is 619. The summed E-state index contributed by atoms with van der Waals surface area (Å²) in [4.78, 5) is 3.31. The SMILES string of the molecule is [2H]C([2H])([2H])Oc1cc(B2OC(C)(C)C(C)(C)O2)cnc1C(F)(F)F. The van der Waals surface area contributed by atoms with Gasteiger partial charge in [-0.05, 0) is 33.8 Å². The summed E-state index contributed by atoms with van der Waals surface area (Å²) in [7, 11) is -4.03. The van der Waals surface area contributed by atoms with Gasteiger partial charge >= 0.3 is 13.3 Å². The van der Waals surface area contributed by atoms with Gasteiger partial charge in [-0.2, -0.15) is 13.2 Å². The first-order valence-corrected chi connectivity index (χ1v) is 6.24. The minimum Gasteiger partial charge on any atom is -0.495 e. The molecule has 0 atom stereocenters. The largest absolute Gasteiger partial charge is 0.496 e. The summed E-state index contributed by atoms with van der Waals surface area (Å²) in [6, 6.07) is 0.935. The molecule has 0 bridgehead atoms. The first kappa shape index (κ1) is 12.3. The molecular weight excluding hydrogens is 286 g/mol. The van der Waals surface area contributed by atoms with Gasteiger partial charge in [-0.15, -0.1) is 0 Å². The van der Waals surface area contributed by atoms with E-state index in [9.17, 15) is 13.2 Å². The van der Waals surface area contributed by atoms with Crippen LogP contribution in [0.2, 0.25) is 0 Å². The van der Waals surface area contributed by atoms with E-state index in [1.807, 2.05) is 0 Å². The second-order valence-corrected chi connectivity index (χ2v) is 5.80. The van der Waals surface area contributed by atoms with Crippen molar-refractivity contribution in [1.82, 2.24) is 4.98 Å². The van der Waals surface area contributed by atoms with Gasteiger partial charge in [0.1, 0.15) is 5.75 Å². The molecule has 0 aromatic carbocycles. The lowest BCUT2D eigenvalue weighted by Gasteiger charge is -2.32. The number of nitrogens with zero attached hydrogens (tertiary/aromatic N) is 1. The Balaban J connectivity index is 2.42. The summed E-state index contributed by atoms with van der Waals surface area (Å²) in [5.74, 6) is -0.894. The van der Waals surface area contributed by atoms with E-state index < -0.39 is 43.0 Å². The van der Waals surface area contributed by atoms with E-state index >= 15 is 0 Å². The Labute approximate surface area is 126 Å². The van der Waals surface area contributed by atoms with Gasteiger partial charge in [0.25, 0.3) is 0 Å². The van der Waals surface area contributed by atoms with Crippen LogP contribution in [-0.2, 0) is 15.5 Å². The Morgan fingerprint density at radius 2 is 1.81 bits per heavy atom. The van der Waals surface area contributed by atoms with E-state index in [2.05, 4.69) is 9.72 Å². The highest BCUT2D eigenvalue weighted by Gasteiger charge is 2.52. The number of hydrogen-bond donors (Lipinski definition) is 0. The summed E-state index contributed by atoms with van der Waals surface area (Å²) < 4.78 is 76.0. The molecule has 2 heterocycles. The molecule has 0 spiro atoms. The number of methoxy groups -OCH3 is 1. The molecule has 1 fully saturated rings. The van der Waals surface area contributed by atoms with Crippen LogP contribution in [0.5, 0.6) is 5.75 Å². The number of hydrogen-bond acceptors (Lipinski definition) is 4. The van der Waals surface area contributed by atoms with Gasteiger partial charge in [0.2, 0.25) is 0 Å². The monoisotopic (exact) mass is 306 g/mol. The van der Waals surface area contributed by atoms with E-state index in [1.54, 1.807) is 27.7 Å². The molecule has 21 heavy (non-hydrogen) atoms. The first-order chi connectivity index (χ1) is 10.6. The van der Waals surface area contributed by atoms with Crippen molar-refractivity contribution in [1.29, 1.82) is 0 Å². The predicted molar refractivity (Wildman–Crippen MR) is 71.5 cm³/mol. The van der Waals surface area contributed by atoms with Crippen LogP contribution in [0.15, 0.2) is 12.3 Å². The van der Waals surface area contributed by atoms with Crippen molar-refractivity contribution < 1.29 is 31.3 Å². The van der Waals surface area contributed by atoms with E-state index in [-0.39, 0.29) is 5.46 Å². The summed E-state index contributed by atoms with van der Waals surface area (Å²) in [6.45, 7) is 7.13. The third-order valence-electron chi connectivity index (χ3n) is 3.78. The molecule has 0 aliphatic carbocycles. The van der Waals surface area contributed by atoms with Crippen LogP contribution in [0.3, 0.4) is 0 Å². The topological polar surface area (TPSA) is 40.6 Å². The smallest absolute Gasteiger partial charge is 0.495 e. The molecule has 1 aromatic rings. The van der Waals surface area contributed by atoms with E-state index in [4.69, 9.17) is 13.4 Å². The van der Waals surface area contributed by atoms with Crippen molar-refractivity contribution in [2.45, 2.75) is 45.1 Å². The number of halogens is 3.